The summed E-state index contributed by atoms with van der Waals surface area (Å²) >= 11 is 1.50. The van der Waals surface area contributed by atoms with Gasteiger partial charge >= 0.3 is 6.03 Å². The van der Waals surface area contributed by atoms with Gasteiger partial charge in [-0.3, -0.25) is 0 Å². The summed E-state index contributed by atoms with van der Waals surface area (Å²) in [6.45, 7) is 0.416. The van der Waals surface area contributed by atoms with Crippen LogP contribution in [-0.4, -0.2) is 35.1 Å². The maximum atomic E-state index is 11.4. The second kappa shape index (κ2) is 5.71. The molecule has 0 saturated carbocycles. The molecule has 1 aromatic heterocycles. The Hall–Kier alpha value is -2.08. The number of hydrogen-bond acceptors (Lipinski definition) is 4. The molecule has 0 unspecified atom stereocenters. The molecule has 6 heteroatoms. The van der Waals surface area contributed by atoms with Crippen molar-refractivity contribution in [2.24, 2.45) is 0 Å². The molecular weight excluding hydrogens is 262 g/mol. The van der Waals surface area contributed by atoms with Crippen LogP contribution >= 0.6 is 11.3 Å². The lowest BCUT2D eigenvalue weighted by molar-refractivity contribution is 0.217. The highest BCUT2D eigenvalue weighted by Crippen LogP contribution is 2.23. The predicted octanol–water partition coefficient (Wildman–Crippen LogP) is 2.29. The van der Waals surface area contributed by atoms with Gasteiger partial charge in [0.1, 0.15) is 10.8 Å². The van der Waals surface area contributed by atoms with Crippen LogP contribution in [0.2, 0.25) is 0 Å². The van der Waals surface area contributed by atoms with Crippen LogP contribution in [0.4, 0.5) is 4.79 Å². The Morgan fingerprint density at radius 2 is 2.05 bits per heavy atom. The number of amides is 2. The van der Waals surface area contributed by atoms with E-state index in [0.717, 1.165) is 16.3 Å². The fraction of sp³-hybridized carbons (Fsp3) is 0.231. The van der Waals surface area contributed by atoms with E-state index in [1.54, 1.807) is 26.2 Å². The second-order valence-electron chi connectivity index (χ2n) is 4.23. The van der Waals surface area contributed by atoms with E-state index in [4.69, 9.17) is 0 Å². The number of aromatic nitrogens is 1. The van der Waals surface area contributed by atoms with E-state index in [-0.39, 0.29) is 11.8 Å². The number of aromatic hydroxyl groups is 1. The maximum absolute atomic E-state index is 11.4. The van der Waals surface area contributed by atoms with Gasteiger partial charge in [0.25, 0.3) is 0 Å². The van der Waals surface area contributed by atoms with Gasteiger partial charge in [-0.1, -0.05) is 0 Å². The van der Waals surface area contributed by atoms with Crippen LogP contribution in [0.3, 0.4) is 0 Å². The average Bonchev–Trinajstić information content (AvgIpc) is 2.85. The number of nitrogens with zero attached hydrogens (tertiary/aromatic N) is 2. The molecule has 1 heterocycles. The third kappa shape index (κ3) is 3.45. The maximum Gasteiger partial charge on any atom is 0.317 e. The molecule has 2 N–H and O–H groups in total. The van der Waals surface area contributed by atoms with Gasteiger partial charge in [0.05, 0.1) is 12.2 Å². The number of nitrogens with one attached hydrogen (secondary N) is 1. The summed E-state index contributed by atoms with van der Waals surface area (Å²) < 4.78 is 0. The normalized spacial score (nSPS) is 10.2. The highest BCUT2D eigenvalue weighted by Gasteiger charge is 2.07. The van der Waals surface area contributed by atoms with Crippen LogP contribution in [0, 0.1) is 0 Å². The average molecular weight is 277 g/mol. The van der Waals surface area contributed by atoms with Gasteiger partial charge in [-0.2, -0.15) is 0 Å². The lowest BCUT2D eigenvalue weighted by Crippen LogP contribution is -2.33. The van der Waals surface area contributed by atoms with Crippen LogP contribution < -0.4 is 5.32 Å². The molecule has 0 fully saturated rings. The van der Waals surface area contributed by atoms with Gasteiger partial charge in [0, 0.05) is 25.0 Å². The molecule has 0 saturated heterocycles. The van der Waals surface area contributed by atoms with E-state index in [1.165, 1.54) is 16.2 Å². The summed E-state index contributed by atoms with van der Waals surface area (Å²) in [6, 6.07) is 6.74. The number of hydrogen-bond donors (Lipinski definition) is 2. The fourth-order valence-electron chi connectivity index (χ4n) is 1.47. The summed E-state index contributed by atoms with van der Waals surface area (Å²) in [5, 5.41) is 14.8. The minimum Gasteiger partial charge on any atom is -0.508 e. The number of phenolic OH excluding ortho intramolecular Hbond substituents is 1. The summed E-state index contributed by atoms with van der Waals surface area (Å²) in [4.78, 5) is 17.3. The molecule has 2 amide bonds. The van der Waals surface area contributed by atoms with Crippen molar-refractivity contribution in [3.63, 3.8) is 0 Å². The largest absolute Gasteiger partial charge is 0.508 e. The number of urea groups is 1. The van der Waals surface area contributed by atoms with E-state index in [2.05, 4.69) is 10.3 Å². The van der Waals surface area contributed by atoms with E-state index in [9.17, 15) is 9.90 Å². The summed E-state index contributed by atoms with van der Waals surface area (Å²) in [6.07, 6.45) is 0. The van der Waals surface area contributed by atoms with Gasteiger partial charge in [-0.25, -0.2) is 9.78 Å². The zero-order valence-corrected chi connectivity index (χ0v) is 11.6. The zero-order chi connectivity index (χ0) is 13.8. The molecule has 1 aromatic carbocycles. The van der Waals surface area contributed by atoms with E-state index in [0.29, 0.717) is 6.54 Å². The highest BCUT2D eigenvalue weighted by molar-refractivity contribution is 7.09. The Morgan fingerprint density at radius 1 is 1.37 bits per heavy atom. The first-order chi connectivity index (χ1) is 9.06. The molecule has 0 aliphatic heterocycles. The molecular formula is C13H15N3O2S. The lowest BCUT2D eigenvalue weighted by atomic mass is 10.2. The molecule has 100 valence electrons. The second-order valence-corrected chi connectivity index (χ2v) is 5.17. The van der Waals surface area contributed by atoms with Crippen LogP contribution in [0.15, 0.2) is 29.6 Å². The van der Waals surface area contributed by atoms with Crippen molar-refractivity contribution in [3.05, 3.63) is 34.7 Å². The Kier molecular flexibility index (Phi) is 4.01. The highest BCUT2D eigenvalue weighted by atomic mass is 32.1. The Bertz CT molecular complexity index is 564. The van der Waals surface area contributed by atoms with Gasteiger partial charge < -0.3 is 15.3 Å². The molecule has 0 bridgehead atoms. The number of carbonyl (C=O) groups excluding carboxylic acids is 1. The van der Waals surface area contributed by atoms with Crippen molar-refractivity contribution >= 4 is 17.4 Å². The van der Waals surface area contributed by atoms with Crippen LogP contribution in [0.1, 0.15) is 5.01 Å². The molecule has 0 aliphatic rings. The molecule has 19 heavy (non-hydrogen) atoms. The van der Waals surface area contributed by atoms with Crippen molar-refractivity contribution in [1.82, 2.24) is 15.2 Å². The van der Waals surface area contributed by atoms with Gasteiger partial charge in [0.15, 0.2) is 0 Å². The van der Waals surface area contributed by atoms with Crippen molar-refractivity contribution in [2.75, 3.05) is 14.1 Å². The third-order valence-electron chi connectivity index (χ3n) is 2.51. The molecule has 0 atom stereocenters. The van der Waals surface area contributed by atoms with Crippen LogP contribution in [-0.2, 0) is 6.54 Å². The minimum atomic E-state index is -0.138. The number of rotatable bonds is 3. The van der Waals surface area contributed by atoms with E-state index >= 15 is 0 Å². The minimum absolute atomic E-state index is 0.138. The summed E-state index contributed by atoms with van der Waals surface area (Å²) in [5.41, 5.74) is 1.79. The SMILES string of the molecule is CN(C)C(=O)NCc1nc(-c2ccc(O)cc2)cs1. The first kappa shape index (κ1) is 13.4. The van der Waals surface area contributed by atoms with Gasteiger partial charge in [-0.15, -0.1) is 11.3 Å². The van der Waals surface area contributed by atoms with E-state index in [1.807, 2.05) is 17.5 Å². The van der Waals surface area contributed by atoms with Crippen LogP contribution in [0.25, 0.3) is 11.3 Å². The predicted molar refractivity (Wildman–Crippen MR) is 75.1 cm³/mol. The summed E-state index contributed by atoms with van der Waals surface area (Å²) in [5.74, 6) is 0.234. The first-order valence-electron chi connectivity index (χ1n) is 5.75. The van der Waals surface area contributed by atoms with Crippen molar-refractivity contribution in [3.8, 4) is 17.0 Å². The third-order valence-corrected chi connectivity index (χ3v) is 3.36. The molecule has 2 aromatic rings. The fourth-order valence-corrected chi connectivity index (χ4v) is 2.21. The molecule has 2 rings (SSSR count). The standard InChI is InChI=1S/C13H15N3O2S/c1-16(2)13(18)14-7-12-15-11(8-19-12)9-3-5-10(17)6-4-9/h3-6,8,17H,7H2,1-2H3,(H,14,18). The number of benzene rings is 1. The topological polar surface area (TPSA) is 65.5 Å². The van der Waals surface area contributed by atoms with Crippen molar-refractivity contribution < 1.29 is 9.90 Å². The van der Waals surface area contributed by atoms with Crippen molar-refractivity contribution in [1.29, 1.82) is 0 Å². The van der Waals surface area contributed by atoms with Gasteiger partial charge in [-0.05, 0) is 24.3 Å². The Balaban J connectivity index is 2.03. The van der Waals surface area contributed by atoms with E-state index < -0.39 is 0 Å². The first-order valence-corrected chi connectivity index (χ1v) is 6.63. The number of thiazole rings is 1. The molecule has 0 aliphatic carbocycles. The number of phenols is 1. The summed E-state index contributed by atoms with van der Waals surface area (Å²) in [7, 11) is 3.39. The zero-order valence-electron chi connectivity index (χ0n) is 10.8. The lowest BCUT2D eigenvalue weighted by Gasteiger charge is -2.10. The molecule has 0 radical (unpaired) electrons. The Labute approximate surface area is 115 Å². The smallest absolute Gasteiger partial charge is 0.317 e. The quantitative estimate of drug-likeness (QED) is 0.904. The van der Waals surface area contributed by atoms with Crippen LogP contribution in [0.5, 0.6) is 5.75 Å². The van der Waals surface area contributed by atoms with Crippen molar-refractivity contribution in [2.45, 2.75) is 6.54 Å². The molecule has 0 spiro atoms. The van der Waals surface area contributed by atoms with Gasteiger partial charge in [0.2, 0.25) is 0 Å². The monoisotopic (exact) mass is 277 g/mol. The number of carbonyl (C=O) groups is 1. The Morgan fingerprint density at radius 3 is 2.68 bits per heavy atom. The molecule has 5 nitrogen and oxygen atoms in total.